The number of rotatable bonds is 9. The van der Waals surface area contributed by atoms with Crippen LogP contribution in [0.5, 0.6) is 0 Å². The zero-order chi connectivity index (χ0) is 20.5. The molecule has 150 valence electrons. The van der Waals surface area contributed by atoms with Crippen molar-refractivity contribution in [2.24, 2.45) is 7.05 Å². The summed E-state index contributed by atoms with van der Waals surface area (Å²) < 4.78 is 19.3. The minimum absolute atomic E-state index is 0.00630. The predicted molar refractivity (Wildman–Crippen MR) is 100 cm³/mol. The van der Waals surface area contributed by atoms with Gasteiger partial charge in [-0.3, -0.25) is 14.4 Å². The molecule has 1 aromatic carbocycles. The number of anilines is 1. The summed E-state index contributed by atoms with van der Waals surface area (Å²) in [6, 6.07) is 5.30. The molecule has 2 N–H and O–H groups in total. The molecule has 0 bridgehead atoms. The van der Waals surface area contributed by atoms with Gasteiger partial charge in [0.1, 0.15) is 18.1 Å². The van der Waals surface area contributed by atoms with Crippen LogP contribution in [0.2, 0.25) is 0 Å². The number of halogens is 1. The maximum absolute atomic E-state index is 12.8. The van der Waals surface area contributed by atoms with Gasteiger partial charge in [0, 0.05) is 12.7 Å². The Bertz CT molecular complexity index is 841. The minimum Gasteiger partial charge on any atom is -0.466 e. The molecule has 28 heavy (non-hydrogen) atoms. The molecule has 0 fully saturated rings. The van der Waals surface area contributed by atoms with Gasteiger partial charge in [-0.15, -0.1) is 10.2 Å². The minimum atomic E-state index is -0.430. The van der Waals surface area contributed by atoms with Crippen molar-refractivity contribution < 1.29 is 23.5 Å². The molecular formula is C17H20FN5O4S. The number of carbonyl (C=O) groups is 3. The second kappa shape index (κ2) is 10.4. The SMILES string of the molecule is CCOC(=O)Cc1nnc(SCC(=O)NCC(=O)Nc2ccc(F)cc2)n1C. The highest BCUT2D eigenvalue weighted by atomic mass is 32.2. The number of ether oxygens (including phenoxy) is 1. The quantitative estimate of drug-likeness (QED) is 0.467. The summed E-state index contributed by atoms with van der Waals surface area (Å²) >= 11 is 1.13. The Labute approximate surface area is 165 Å². The molecule has 0 atom stereocenters. The van der Waals surface area contributed by atoms with E-state index in [4.69, 9.17) is 4.74 Å². The first-order valence-corrected chi connectivity index (χ1v) is 9.36. The third-order valence-electron chi connectivity index (χ3n) is 3.44. The zero-order valence-electron chi connectivity index (χ0n) is 15.4. The van der Waals surface area contributed by atoms with E-state index >= 15 is 0 Å². The van der Waals surface area contributed by atoms with Gasteiger partial charge >= 0.3 is 5.97 Å². The van der Waals surface area contributed by atoms with Crippen LogP contribution >= 0.6 is 11.8 Å². The molecule has 2 rings (SSSR count). The first-order valence-electron chi connectivity index (χ1n) is 8.37. The normalized spacial score (nSPS) is 10.4. The largest absolute Gasteiger partial charge is 0.466 e. The number of esters is 1. The number of amides is 2. The van der Waals surface area contributed by atoms with Crippen molar-refractivity contribution in [3.8, 4) is 0 Å². The standard InChI is InChI=1S/C17H20FN5O4S/c1-3-27-16(26)8-13-21-22-17(23(13)2)28-10-15(25)19-9-14(24)20-12-6-4-11(18)5-7-12/h4-7H,3,8-10H2,1-2H3,(H,19,25)(H,20,24). The Morgan fingerprint density at radius 3 is 2.57 bits per heavy atom. The maximum atomic E-state index is 12.8. The molecule has 0 spiro atoms. The van der Waals surface area contributed by atoms with E-state index in [0.717, 1.165) is 11.8 Å². The Hall–Kier alpha value is -2.95. The average Bonchev–Trinajstić information content (AvgIpc) is 3.00. The van der Waals surface area contributed by atoms with Crippen LogP contribution in [-0.4, -0.2) is 51.5 Å². The van der Waals surface area contributed by atoms with Crippen molar-refractivity contribution in [1.82, 2.24) is 20.1 Å². The Balaban J connectivity index is 1.75. The lowest BCUT2D eigenvalue weighted by atomic mass is 10.3. The summed E-state index contributed by atoms with van der Waals surface area (Å²) in [4.78, 5) is 35.2. The molecule has 0 unspecified atom stereocenters. The zero-order valence-corrected chi connectivity index (χ0v) is 16.2. The molecule has 0 aliphatic rings. The monoisotopic (exact) mass is 409 g/mol. The van der Waals surface area contributed by atoms with E-state index in [1.54, 1.807) is 18.5 Å². The summed E-state index contributed by atoms with van der Waals surface area (Å²) in [6.45, 7) is 1.78. The highest BCUT2D eigenvalue weighted by Crippen LogP contribution is 2.15. The summed E-state index contributed by atoms with van der Waals surface area (Å²) in [6.07, 6.45) is -0.00630. The van der Waals surface area contributed by atoms with E-state index in [9.17, 15) is 18.8 Å². The van der Waals surface area contributed by atoms with Gasteiger partial charge in [-0.2, -0.15) is 0 Å². The molecule has 1 heterocycles. The van der Waals surface area contributed by atoms with Crippen LogP contribution in [0.3, 0.4) is 0 Å². The third kappa shape index (κ3) is 6.65. The second-order valence-corrected chi connectivity index (χ2v) is 6.50. The number of carbonyl (C=O) groups excluding carboxylic acids is 3. The fourth-order valence-corrected chi connectivity index (χ4v) is 2.82. The van der Waals surface area contributed by atoms with E-state index in [1.807, 2.05) is 0 Å². The number of benzene rings is 1. The highest BCUT2D eigenvalue weighted by Gasteiger charge is 2.15. The maximum Gasteiger partial charge on any atom is 0.313 e. The Kier molecular flexibility index (Phi) is 7.93. The number of hydrogen-bond acceptors (Lipinski definition) is 7. The van der Waals surface area contributed by atoms with Crippen molar-refractivity contribution in [1.29, 1.82) is 0 Å². The summed E-state index contributed by atoms with van der Waals surface area (Å²) in [5.41, 5.74) is 0.434. The predicted octanol–water partition coefficient (Wildman–Crippen LogP) is 0.907. The number of thioether (sulfide) groups is 1. The van der Waals surface area contributed by atoms with Crippen molar-refractivity contribution in [2.45, 2.75) is 18.5 Å². The molecule has 0 aliphatic carbocycles. The van der Waals surface area contributed by atoms with Gasteiger partial charge in [0.05, 0.1) is 18.9 Å². The molecule has 0 aliphatic heterocycles. The van der Waals surface area contributed by atoms with Gasteiger partial charge in [-0.05, 0) is 31.2 Å². The molecule has 11 heteroatoms. The van der Waals surface area contributed by atoms with E-state index in [-0.39, 0.29) is 31.2 Å². The van der Waals surface area contributed by atoms with Gasteiger partial charge in [-0.25, -0.2) is 4.39 Å². The van der Waals surface area contributed by atoms with Crippen LogP contribution < -0.4 is 10.6 Å². The van der Waals surface area contributed by atoms with Crippen molar-refractivity contribution >= 4 is 35.2 Å². The summed E-state index contributed by atoms with van der Waals surface area (Å²) in [5.74, 6) is -1.15. The van der Waals surface area contributed by atoms with Crippen LogP contribution in [-0.2, 0) is 32.6 Å². The van der Waals surface area contributed by atoms with Gasteiger partial charge in [0.25, 0.3) is 0 Å². The molecule has 2 aromatic rings. The van der Waals surface area contributed by atoms with Gasteiger partial charge in [0.15, 0.2) is 5.16 Å². The second-order valence-electron chi connectivity index (χ2n) is 5.56. The van der Waals surface area contributed by atoms with Gasteiger partial charge < -0.3 is 19.9 Å². The Morgan fingerprint density at radius 2 is 1.89 bits per heavy atom. The first kappa shape index (κ1) is 21.4. The topological polar surface area (TPSA) is 115 Å². The molecule has 2 amide bonds. The number of aromatic nitrogens is 3. The number of nitrogens with one attached hydrogen (secondary N) is 2. The van der Waals surface area contributed by atoms with Gasteiger partial charge in [-0.1, -0.05) is 11.8 Å². The van der Waals surface area contributed by atoms with Crippen molar-refractivity contribution in [3.05, 3.63) is 35.9 Å². The van der Waals surface area contributed by atoms with E-state index in [0.29, 0.717) is 16.7 Å². The smallest absolute Gasteiger partial charge is 0.313 e. The van der Waals surface area contributed by atoms with Crippen molar-refractivity contribution in [3.63, 3.8) is 0 Å². The third-order valence-corrected chi connectivity index (χ3v) is 4.46. The van der Waals surface area contributed by atoms with E-state index < -0.39 is 17.7 Å². The van der Waals surface area contributed by atoms with Crippen LogP contribution in [0.25, 0.3) is 0 Å². The lowest BCUT2D eigenvalue weighted by Gasteiger charge is -2.07. The molecule has 9 nitrogen and oxygen atoms in total. The summed E-state index contributed by atoms with van der Waals surface area (Å²) in [7, 11) is 1.69. The van der Waals surface area contributed by atoms with E-state index in [1.165, 1.54) is 24.3 Å². The van der Waals surface area contributed by atoms with Crippen LogP contribution in [0.4, 0.5) is 10.1 Å². The lowest BCUT2D eigenvalue weighted by molar-refractivity contribution is -0.142. The number of nitrogens with zero attached hydrogens (tertiary/aromatic N) is 3. The fourth-order valence-electron chi connectivity index (χ4n) is 2.06. The Morgan fingerprint density at radius 1 is 1.18 bits per heavy atom. The van der Waals surface area contributed by atoms with Crippen LogP contribution in [0, 0.1) is 5.82 Å². The molecule has 1 aromatic heterocycles. The van der Waals surface area contributed by atoms with Crippen LogP contribution in [0.1, 0.15) is 12.7 Å². The highest BCUT2D eigenvalue weighted by molar-refractivity contribution is 7.99. The molecule has 0 saturated carbocycles. The van der Waals surface area contributed by atoms with Crippen LogP contribution in [0.15, 0.2) is 29.4 Å². The number of hydrogen-bond donors (Lipinski definition) is 2. The lowest BCUT2D eigenvalue weighted by Crippen LogP contribution is -2.33. The van der Waals surface area contributed by atoms with Gasteiger partial charge in [0.2, 0.25) is 11.8 Å². The van der Waals surface area contributed by atoms with Crippen molar-refractivity contribution in [2.75, 3.05) is 24.2 Å². The first-order chi connectivity index (χ1) is 13.4. The summed E-state index contributed by atoms with van der Waals surface area (Å²) in [5, 5.41) is 13.3. The fraction of sp³-hybridized carbons (Fsp3) is 0.353. The van der Waals surface area contributed by atoms with E-state index in [2.05, 4.69) is 20.8 Å². The molecular weight excluding hydrogens is 389 g/mol. The molecule has 0 saturated heterocycles. The molecule has 0 radical (unpaired) electrons. The average molecular weight is 409 g/mol.